The minimum absolute atomic E-state index is 0.0205. The molecule has 1 aliphatic rings. The number of likely N-dealkylation sites (tertiary alicyclic amines) is 1. The largest absolute Gasteiger partial charge is 0.324 e. The molecule has 2 N–H and O–H groups in total. The second-order valence-electron chi connectivity index (χ2n) is 11.5. The van der Waals surface area contributed by atoms with Crippen molar-refractivity contribution in [2.45, 2.75) is 113 Å². The molecule has 1 fully saturated rings. The molecule has 246 valence electrons. The molecule has 2 amide bonds. The summed E-state index contributed by atoms with van der Waals surface area (Å²) >= 11 is 0. The van der Waals surface area contributed by atoms with Gasteiger partial charge in [-0.3, -0.25) is 29.1 Å². The van der Waals surface area contributed by atoms with E-state index in [2.05, 4.69) is 70.6 Å². The van der Waals surface area contributed by atoms with Gasteiger partial charge in [-0.1, -0.05) is 48.0 Å². The minimum Gasteiger partial charge on any atom is -0.324 e. The van der Waals surface area contributed by atoms with Crippen LogP contribution in [0.5, 0.6) is 0 Å². The van der Waals surface area contributed by atoms with Gasteiger partial charge >= 0.3 is 0 Å². The topological polar surface area (TPSA) is 105 Å². The summed E-state index contributed by atoms with van der Waals surface area (Å²) < 4.78 is 1.98. The molecule has 3 aromatic rings. The zero-order valence-electron chi connectivity index (χ0n) is 29.3. The molecule has 1 aliphatic heterocycles. The number of aromatic nitrogens is 4. The van der Waals surface area contributed by atoms with E-state index < -0.39 is 0 Å². The molecule has 4 rings (SSSR count). The Bertz CT molecular complexity index is 1420. The third kappa shape index (κ3) is 10.6. The number of allylic oxidation sites excluding steroid dienone is 1. The van der Waals surface area contributed by atoms with Gasteiger partial charge in [0.2, 0.25) is 5.91 Å². The van der Waals surface area contributed by atoms with E-state index in [1.54, 1.807) is 18.5 Å². The van der Waals surface area contributed by atoms with Crippen molar-refractivity contribution in [3.63, 3.8) is 0 Å². The lowest BCUT2D eigenvalue weighted by atomic mass is 10.0. The van der Waals surface area contributed by atoms with Gasteiger partial charge < -0.3 is 10.6 Å². The van der Waals surface area contributed by atoms with Crippen LogP contribution in [0, 0.1) is 13.8 Å². The molecule has 45 heavy (non-hydrogen) atoms. The van der Waals surface area contributed by atoms with Gasteiger partial charge in [-0.25, -0.2) is 0 Å². The number of anilines is 2. The molecule has 0 bridgehead atoms. The zero-order valence-corrected chi connectivity index (χ0v) is 29.3. The number of nitrogens with zero attached hydrogens (tertiary/aromatic N) is 5. The molecule has 0 saturated carbocycles. The number of carbonyl (C=O) groups is 2. The molecule has 0 radical (unpaired) electrons. The molecular weight excluding hydrogens is 562 g/mol. The lowest BCUT2D eigenvalue weighted by Crippen LogP contribution is -2.42. The maximum atomic E-state index is 13.3. The van der Waals surface area contributed by atoms with Crippen LogP contribution in [0.15, 0.2) is 36.9 Å². The van der Waals surface area contributed by atoms with E-state index in [1.165, 1.54) is 0 Å². The van der Waals surface area contributed by atoms with Gasteiger partial charge in [0.25, 0.3) is 5.91 Å². The number of hydrogen-bond acceptors (Lipinski definition) is 6. The summed E-state index contributed by atoms with van der Waals surface area (Å²) in [6.07, 6.45) is 14.5. The molecular formula is C36H55N7O2. The Labute approximate surface area is 270 Å². The molecule has 9 nitrogen and oxygen atoms in total. The Morgan fingerprint density at radius 1 is 0.956 bits per heavy atom. The quantitative estimate of drug-likeness (QED) is 0.225. The smallest absolute Gasteiger partial charge is 0.257 e. The molecule has 0 atom stereocenters. The highest BCUT2D eigenvalue weighted by molar-refractivity contribution is 6.05. The fourth-order valence-electron chi connectivity index (χ4n) is 5.12. The van der Waals surface area contributed by atoms with E-state index in [0.717, 1.165) is 67.6 Å². The predicted molar refractivity (Wildman–Crippen MR) is 187 cm³/mol. The maximum Gasteiger partial charge on any atom is 0.257 e. The van der Waals surface area contributed by atoms with E-state index in [4.69, 9.17) is 0 Å². The fraction of sp³-hybridized carbons (Fsp3) is 0.528. The Morgan fingerprint density at radius 3 is 2.31 bits per heavy atom. The van der Waals surface area contributed by atoms with Gasteiger partial charge in [0.05, 0.1) is 41.6 Å². The first-order valence-corrected chi connectivity index (χ1v) is 16.6. The van der Waals surface area contributed by atoms with Crippen LogP contribution in [-0.4, -0.2) is 55.1 Å². The van der Waals surface area contributed by atoms with Crippen LogP contribution >= 0.6 is 0 Å². The van der Waals surface area contributed by atoms with Gasteiger partial charge in [0.1, 0.15) is 0 Å². The zero-order chi connectivity index (χ0) is 33.6. The summed E-state index contributed by atoms with van der Waals surface area (Å²) in [6.45, 7) is 22.5. The number of nitrogens with one attached hydrogen (secondary N) is 2. The van der Waals surface area contributed by atoms with E-state index in [-0.39, 0.29) is 17.4 Å². The third-order valence-electron chi connectivity index (χ3n) is 7.87. The number of carbonyl (C=O) groups excluding carboxylic acids is 2. The normalized spacial score (nSPS) is 14.1. The maximum absolute atomic E-state index is 13.3. The van der Waals surface area contributed by atoms with Gasteiger partial charge in [-0.15, -0.1) is 0 Å². The van der Waals surface area contributed by atoms with Crippen LogP contribution in [0.25, 0.3) is 11.6 Å². The molecule has 9 heteroatoms. The van der Waals surface area contributed by atoms with Crippen molar-refractivity contribution in [2.24, 2.45) is 0 Å². The molecule has 4 heterocycles. The number of hydrogen-bond donors (Lipinski definition) is 2. The van der Waals surface area contributed by atoms with Crippen molar-refractivity contribution >= 4 is 34.8 Å². The Morgan fingerprint density at radius 2 is 1.67 bits per heavy atom. The molecule has 1 saturated heterocycles. The number of amides is 2. The third-order valence-corrected chi connectivity index (χ3v) is 7.87. The van der Waals surface area contributed by atoms with Gasteiger partial charge in [0.15, 0.2) is 0 Å². The highest BCUT2D eigenvalue weighted by Crippen LogP contribution is 2.28. The number of aryl methyl sites for hydroxylation is 3. The monoisotopic (exact) mass is 617 g/mol. The fourth-order valence-corrected chi connectivity index (χ4v) is 5.12. The van der Waals surface area contributed by atoms with Crippen molar-refractivity contribution in [1.82, 2.24) is 24.6 Å². The summed E-state index contributed by atoms with van der Waals surface area (Å²) in [5.74, 6) is -0.380. The van der Waals surface area contributed by atoms with E-state index in [1.807, 2.05) is 58.5 Å². The summed E-state index contributed by atoms with van der Waals surface area (Å²) in [6, 6.07) is 3.61. The van der Waals surface area contributed by atoms with Crippen LogP contribution in [0.1, 0.15) is 120 Å². The summed E-state index contributed by atoms with van der Waals surface area (Å²) in [7, 11) is 0. The lowest BCUT2D eigenvalue weighted by molar-refractivity contribution is -0.118. The Balaban J connectivity index is 0.00000169. The number of unbranched alkanes of at least 4 members (excludes halogenated alkanes) is 1. The van der Waals surface area contributed by atoms with Gasteiger partial charge in [-0.2, -0.15) is 5.10 Å². The summed E-state index contributed by atoms with van der Waals surface area (Å²) in [5, 5.41) is 10.4. The average Bonchev–Trinajstić information content (AvgIpc) is 3.64. The number of rotatable bonds is 11. The van der Waals surface area contributed by atoms with E-state index in [0.29, 0.717) is 29.2 Å². The average molecular weight is 618 g/mol. The predicted octanol–water partition coefficient (Wildman–Crippen LogP) is 8.16. The van der Waals surface area contributed by atoms with Crippen molar-refractivity contribution in [1.29, 1.82) is 0 Å². The second kappa shape index (κ2) is 18.2. The van der Waals surface area contributed by atoms with Crippen molar-refractivity contribution in [3.05, 3.63) is 65.0 Å². The Kier molecular flexibility index (Phi) is 15.1. The summed E-state index contributed by atoms with van der Waals surface area (Å²) in [5.41, 5.74) is 6.15. The minimum atomic E-state index is -0.287. The second-order valence-corrected chi connectivity index (χ2v) is 11.5. The van der Waals surface area contributed by atoms with Crippen molar-refractivity contribution in [3.8, 4) is 0 Å². The van der Waals surface area contributed by atoms with Crippen LogP contribution in [0.2, 0.25) is 0 Å². The van der Waals surface area contributed by atoms with Gasteiger partial charge in [0, 0.05) is 35.7 Å². The van der Waals surface area contributed by atoms with Crippen LogP contribution in [-0.2, 0) is 11.3 Å². The molecule has 3 aromatic heterocycles. The first kappa shape index (κ1) is 37.3. The molecule has 0 spiro atoms. The lowest BCUT2D eigenvalue weighted by Gasteiger charge is -2.30. The highest BCUT2D eigenvalue weighted by atomic mass is 16.2. The van der Waals surface area contributed by atoms with Gasteiger partial charge in [-0.05, 0) is 89.3 Å². The molecule has 0 unspecified atom stereocenters. The molecule has 0 aromatic carbocycles. The van der Waals surface area contributed by atoms with Crippen LogP contribution < -0.4 is 10.6 Å². The van der Waals surface area contributed by atoms with Crippen molar-refractivity contribution < 1.29 is 9.59 Å². The van der Waals surface area contributed by atoms with E-state index in [9.17, 15) is 9.59 Å². The van der Waals surface area contributed by atoms with Crippen LogP contribution in [0.4, 0.5) is 11.4 Å². The first-order chi connectivity index (χ1) is 21.6. The van der Waals surface area contributed by atoms with E-state index >= 15 is 0 Å². The molecule has 0 aliphatic carbocycles. The summed E-state index contributed by atoms with van der Waals surface area (Å²) in [4.78, 5) is 37.1. The highest BCUT2D eigenvalue weighted by Gasteiger charge is 2.32. The Hall–Kier alpha value is -3.85. The number of pyridine rings is 2. The van der Waals surface area contributed by atoms with Crippen molar-refractivity contribution in [2.75, 3.05) is 23.7 Å². The standard InChI is InChI=1S/C32H43N7O2.2C2H6/c1-7-9-13-39-20-27(18-35-39)24(8-2)14-25-15-26(17-33-22(25)3)31(41)37-29-16-28(19-34-23(29)4)36-30(40)21-38-12-10-11-32(38,5)6;2*1-2/h14-20H,7-13,21H2,1-6H3,(H,36,40)(H,37,41);2*1-2H3/b24-14+;;. The van der Waals surface area contributed by atoms with Crippen LogP contribution in [0.3, 0.4) is 0 Å². The first-order valence-electron chi connectivity index (χ1n) is 16.6. The SMILES string of the molecule is CC.CC.CCCCn1cc(/C(=C/c2cc(C(=O)Nc3cc(NC(=O)CN4CCCC4(C)C)cnc3C)cnc2C)CC)cn1.